The quantitative estimate of drug-likeness (QED) is 0.630. The summed E-state index contributed by atoms with van der Waals surface area (Å²) in [5.41, 5.74) is 4.51. The third kappa shape index (κ3) is 4.97. The lowest BCUT2D eigenvalue weighted by Crippen LogP contribution is -2.49. The number of nitrogens with zero attached hydrogens (tertiary/aromatic N) is 4. The van der Waals surface area contributed by atoms with Gasteiger partial charge in [0.2, 0.25) is 5.91 Å². The molecule has 4 aliphatic rings. The summed E-state index contributed by atoms with van der Waals surface area (Å²) >= 11 is 0. The van der Waals surface area contributed by atoms with E-state index in [1.165, 1.54) is 11.1 Å². The third-order valence-electron chi connectivity index (χ3n) is 8.74. The van der Waals surface area contributed by atoms with E-state index in [4.69, 9.17) is 0 Å². The van der Waals surface area contributed by atoms with Gasteiger partial charge < -0.3 is 20.2 Å². The van der Waals surface area contributed by atoms with E-state index in [-0.39, 0.29) is 23.3 Å². The molecule has 1 saturated carbocycles. The minimum atomic E-state index is -0.586. The first kappa shape index (κ1) is 24.4. The Morgan fingerprint density at radius 1 is 1.16 bits per heavy atom. The van der Waals surface area contributed by atoms with Crippen LogP contribution in [0, 0.1) is 0 Å². The Labute approximate surface area is 218 Å². The van der Waals surface area contributed by atoms with E-state index in [1.807, 2.05) is 22.1 Å². The van der Waals surface area contributed by atoms with Crippen LogP contribution in [0.25, 0.3) is 0 Å². The number of rotatable bonds is 6. The number of aromatic nitrogens is 1. The van der Waals surface area contributed by atoms with Crippen LogP contribution in [0.4, 0.5) is 5.82 Å². The molecule has 2 aromatic rings. The number of hydrogen-bond acceptors (Lipinski definition) is 6. The Hall–Kier alpha value is -2.97. The maximum absolute atomic E-state index is 13.6. The number of carbonyl (C=O) groups is 2. The second kappa shape index (κ2) is 9.72. The van der Waals surface area contributed by atoms with Crippen molar-refractivity contribution in [3.8, 4) is 0 Å². The lowest BCUT2D eigenvalue weighted by Gasteiger charge is -2.37. The summed E-state index contributed by atoms with van der Waals surface area (Å²) in [4.78, 5) is 35.9. The summed E-state index contributed by atoms with van der Waals surface area (Å²) < 4.78 is 0. The van der Waals surface area contributed by atoms with Crippen LogP contribution in [0.3, 0.4) is 0 Å². The lowest BCUT2D eigenvalue weighted by molar-refractivity contribution is -0.129. The molecular formula is C29H37N5O3. The molecule has 2 amide bonds. The Kier molecular flexibility index (Phi) is 6.41. The molecule has 6 rings (SSSR count). The first-order chi connectivity index (χ1) is 17.9. The predicted octanol–water partition coefficient (Wildman–Crippen LogP) is 2.41. The van der Waals surface area contributed by atoms with Crippen molar-refractivity contribution in [2.75, 3.05) is 44.6 Å². The molecule has 1 spiro atoms. The Bertz CT molecular complexity index is 1190. The van der Waals surface area contributed by atoms with Crippen LogP contribution in [-0.4, -0.2) is 88.0 Å². The largest absolute Gasteiger partial charge is 0.390 e. The van der Waals surface area contributed by atoms with Crippen molar-refractivity contribution in [3.05, 3.63) is 58.8 Å². The molecule has 1 aromatic heterocycles. The maximum atomic E-state index is 13.6. The fourth-order valence-corrected chi connectivity index (χ4v) is 6.42. The van der Waals surface area contributed by atoms with Gasteiger partial charge in [-0.3, -0.25) is 14.5 Å². The second-order valence-electron chi connectivity index (χ2n) is 11.4. The predicted molar refractivity (Wildman–Crippen MR) is 141 cm³/mol. The summed E-state index contributed by atoms with van der Waals surface area (Å²) in [5.74, 6) is 0.837. The number of benzene rings is 1. The second-order valence-corrected chi connectivity index (χ2v) is 11.4. The van der Waals surface area contributed by atoms with Gasteiger partial charge in [-0.05, 0) is 54.9 Å². The first-order valence-corrected chi connectivity index (χ1v) is 13.7. The van der Waals surface area contributed by atoms with E-state index in [0.29, 0.717) is 19.6 Å². The Morgan fingerprint density at radius 2 is 1.92 bits per heavy atom. The van der Waals surface area contributed by atoms with Gasteiger partial charge in [-0.15, -0.1) is 0 Å². The van der Waals surface area contributed by atoms with Crippen LogP contribution in [0.2, 0.25) is 0 Å². The van der Waals surface area contributed by atoms with Crippen LogP contribution < -0.4 is 5.32 Å². The van der Waals surface area contributed by atoms with Crippen molar-refractivity contribution in [3.63, 3.8) is 0 Å². The normalized spacial score (nSPS) is 21.9. The van der Waals surface area contributed by atoms with Gasteiger partial charge in [-0.1, -0.05) is 24.3 Å². The van der Waals surface area contributed by atoms with Crippen molar-refractivity contribution in [1.29, 1.82) is 0 Å². The number of anilines is 1. The first-order valence-electron chi connectivity index (χ1n) is 13.7. The molecule has 4 heterocycles. The number of fused-ring (bicyclic) bond motifs is 3. The van der Waals surface area contributed by atoms with Gasteiger partial charge >= 0.3 is 0 Å². The van der Waals surface area contributed by atoms with Crippen LogP contribution >= 0.6 is 0 Å². The number of likely N-dealkylation sites (tertiary alicyclic amines) is 1. The molecule has 8 nitrogen and oxygen atoms in total. The molecule has 0 bridgehead atoms. The lowest BCUT2D eigenvalue weighted by atomic mass is 9.87. The highest BCUT2D eigenvalue weighted by Crippen LogP contribution is 2.52. The van der Waals surface area contributed by atoms with E-state index in [1.54, 1.807) is 6.92 Å². The van der Waals surface area contributed by atoms with Gasteiger partial charge in [0.25, 0.3) is 5.91 Å². The van der Waals surface area contributed by atoms with E-state index < -0.39 is 6.10 Å². The molecule has 0 unspecified atom stereocenters. The van der Waals surface area contributed by atoms with E-state index in [9.17, 15) is 14.7 Å². The molecule has 1 atom stereocenters. The van der Waals surface area contributed by atoms with Crippen molar-refractivity contribution in [2.24, 2.45) is 0 Å². The number of aliphatic hydroxyl groups excluding tert-OH is 1. The number of aliphatic hydroxyl groups is 1. The molecule has 3 aliphatic heterocycles. The minimum absolute atomic E-state index is 0.00702. The topological polar surface area (TPSA) is 89.0 Å². The van der Waals surface area contributed by atoms with Gasteiger partial charge in [-0.2, -0.15) is 0 Å². The average Bonchev–Trinajstić information content (AvgIpc) is 3.67. The SMILES string of the molecule is CC(=O)N1CCC(Nc2cc3c(cn2)C2(CC2)CN(C[C@H](O)CN2CCc4ccccc4C2)C3=O)CC1. The molecular weight excluding hydrogens is 466 g/mol. The van der Waals surface area contributed by atoms with Gasteiger partial charge in [0.1, 0.15) is 5.82 Å². The number of carbonyl (C=O) groups excluding carboxylic acids is 2. The highest BCUT2D eigenvalue weighted by molar-refractivity contribution is 5.98. The summed E-state index contributed by atoms with van der Waals surface area (Å²) in [5, 5.41) is 14.5. The fourth-order valence-electron chi connectivity index (χ4n) is 6.42. The van der Waals surface area contributed by atoms with Crippen LogP contribution in [0.5, 0.6) is 0 Å². The molecule has 37 heavy (non-hydrogen) atoms. The van der Waals surface area contributed by atoms with Crippen molar-refractivity contribution < 1.29 is 14.7 Å². The van der Waals surface area contributed by atoms with E-state index >= 15 is 0 Å². The zero-order valence-corrected chi connectivity index (χ0v) is 21.7. The molecule has 0 radical (unpaired) electrons. The zero-order chi connectivity index (χ0) is 25.6. The van der Waals surface area contributed by atoms with E-state index in [0.717, 1.165) is 75.2 Å². The Morgan fingerprint density at radius 3 is 2.65 bits per heavy atom. The molecule has 2 fully saturated rings. The summed E-state index contributed by atoms with van der Waals surface area (Å²) in [6.45, 7) is 6.47. The van der Waals surface area contributed by atoms with Gasteiger partial charge in [0, 0.05) is 76.0 Å². The number of hydrogen-bond donors (Lipinski definition) is 2. The van der Waals surface area contributed by atoms with Gasteiger partial charge in [-0.25, -0.2) is 4.98 Å². The number of piperidine rings is 1. The van der Waals surface area contributed by atoms with E-state index in [2.05, 4.69) is 39.5 Å². The average molecular weight is 504 g/mol. The van der Waals surface area contributed by atoms with Gasteiger partial charge in [0.15, 0.2) is 0 Å². The Balaban J connectivity index is 1.11. The van der Waals surface area contributed by atoms with Gasteiger partial charge in [0.05, 0.1) is 6.10 Å². The molecule has 1 saturated heterocycles. The monoisotopic (exact) mass is 503 g/mol. The molecule has 1 aromatic carbocycles. The van der Waals surface area contributed by atoms with Crippen molar-refractivity contribution in [1.82, 2.24) is 19.7 Å². The summed E-state index contributed by atoms with van der Waals surface area (Å²) in [6.07, 6.45) is 6.16. The smallest absolute Gasteiger partial charge is 0.254 e. The maximum Gasteiger partial charge on any atom is 0.254 e. The molecule has 196 valence electrons. The number of amides is 2. The minimum Gasteiger partial charge on any atom is -0.390 e. The molecule has 8 heteroatoms. The standard InChI is InChI=1S/C29H37N5O3/c1-20(35)33-12-7-23(8-13-33)31-27-14-25-26(15-30-27)29(9-10-29)19-34(28(25)37)18-24(36)17-32-11-6-21-4-2-3-5-22(21)16-32/h2-5,14-15,23-24,36H,6-13,16-19H2,1H3,(H,30,31)/t24-/m1/s1. The number of β-amino-alcohol motifs (C(OH)–C–C–N with tert-alkyl or cyclic N) is 1. The zero-order valence-electron chi connectivity index (χ0n) is 21.7. The molecule has 1 aliphatic carbocycles. The van der Waals surface area contributed by atoms with Crippen molar-refractivity contribution in [2.45, 2.75) is 63.1 Å². The number of pyridine rings is 1. The van der Waals surface area contributed by atoms with Crippen molar-refractivity contribution >= 4 is 17.6 Å². The van der Waals surface area contributed by atoms with Crippen LogP contribution in [-0.2, 0) is 23.2 Å². The summed E-state index contributed by atoms with van der Waals surface area (Å²) in [7, 11) is 0. The summed E-state index contributed by atoms with van der Waals surface area (Å²) in [6, 6.07) is 10.7. The van der Waals surface area contributed by atoms with Crippen LogP contribution in [0.15, 0.2) is 36.5 Å². The van der Waals surface area contributed by atoms with Crippen LogP contribution in [0.1, 0.15) is 59.7 Å². The number of nitrogens with one attached hydrogen (secondary N) is 1. The highest BCUT2D eigenvalue weighted by atomic mass is 16.3. The highest BCUT2D eigenvalue weighted by Gasteiger charge is 2.52. The fraction of sp³-hybridized carbons (Fsp3) is 0.552. The third-order valence-corrected chi connectivity index (χ3v) is 8.74. The molecule has 2 N–H and O–H groups in total.